The summed E-state index contributed by atoms with van der Waals surface area (Å²) >= 11 is 0. The van der Waals surface area contributed by atoms with Crippen LogP contribution in [-0.4, -0.2) is 33.9 Å². The summed E-state index contributed by atoms with van der Waals surface area (Å²) < 4.78 is 0. The lowest BCUT2D eigenvalue weighted by Crippen LogP contribution is -2.37. The average molecular weight is 273 g/mol. The Morgan fingerprint density at radius 1 is 1.25 bits per heavy atom. The zero-order valence-electron chi connectivity index (χ0n) is 11.7. The minimum Gasteiger partial charge on any atom is -0.353 e. The summed E-state index contributed by atoms with van der Waals surface area (Å²) in [4.78, 5) is 11.5. The number of amides is 1. The zero-order chi connectivity index (χ0) is 14.4. The zero-order valence-corrected chi connectivity index (χ0v) is 11.7. The van der Waals surface area contributed by atoms with E-state index in [1.165, 1.54) is 0 Å². The van der Waals surface area contributed by atoms with Gasteiger partial charge in [0.25, 0.3) is 0 Å². The van der Waals surface area contributed by atoms with E-state index in [0.717, 1.165) is 17.0 Å². The van der Waals surface area contributed by atoms with E-state index in [2.05, 4.69) is 26.0 Å². The van der Waals surface area contributed by atoms with Gasteiger partial charge in [-0.3, -0.25) is 4.79 Å². The molecule has 0 radical (unpaired) electrons. The normalized spacial score (nSPS) is 10.8. The van der Waals surface area contributed by atoms with Gasteiger partial charge in [-0.1, -0.05) is 30.3 Å². The largest absolute Gasteiger partial charge is 0.353 e. The number of aromatic nitrogens is 3. The molecular formula is C14H19N5O. The van der Waals surface area contributed by atoms with Gasteiger partial charge in [0.2, 0.25) is 5.91 Å². The van der Waals surface area contributed by atoms with E-state index in [9.17, 15) is 4.79 Å². The maximum absolute atomic E-state index is 11.5. The Hall–Kier alpha value is -2.21. The number of H-pyrrole nitrogens is 1. The Kier molecular flexibility index (Phi) is 4.84. The lowest BCUT2D eigenvalue weighted by Gasteiger charge is -2.08. The van der Waals surface area contributed by atoms with Gasteiger partial charge >= 0.3 is 0 Å². The Balaban J connectivity index is 1.92. The first-order valence-corrected chi connectivity index (χ1v) is 6.62. The summed E-state index contributed by atoms with van der Waals surface area (Å²) in [6.07, 6.45) is 0. The van der Waals surface area contributed by atoms with Crippen LogP contribution in [0.5, 0.6) is 0 Å². The Labute approximate surface area is 118 Å². The van der Waals surface area contributed by atoms with E-state index in [4.69, 9.17) is 0 Å². The SMILES string of the molecule is CC(C)NC(=O)CNCc1n[nH]nc1-c1ccccc1. The minimum absolute atomic E-state index is 0.0234. The van der Waals surface area contributed by atoms with Crippen LogP contribution >= 0.6 is 0 Å². The minimum atomic E-state index is -0.0234. The van der Waals surface area contributed by atoms with Crippen LogP contribution in [-0.2, 0) is 11.3 Å². The van der Waals surface area contributed by atoms with Crippen molar-refractivity contribution in [1.82, 2.24) is 26.0 Å². The second kappa shape index (κ2) is 6.81. The lowest BCUT2D eigenvalue weighted by atomic mass is 10.1. The number of carbonyl (C=O) groups excluding carboxylic acids is 1. The monoisotopic (exact) mass is 273 g/mol. The third-order valence-corrected chi connectivity index (χ3v) is 2.70. The van der Waals surface area contributed by atoms with Crippen LogP contribution in [0, 0.1) is 0 Å². The summed E-state index contributed by atoms with van der Waals surface area (Å²) in [7, 11) is 0. The molecule has 20 heavy (non-hydrogen) atoms. The molecule has 0 aliphatic heterocycles. The third-order valence-electron chi connectivity index (χ3n) is 2.70. The van der Waals surface area contributed by atoms with Crippen molar-refractivity contribution in [2.75, 3.05) is 6.54 Å². The van der Waals surface area contributed by atoms with Crippen molar-refractivity contribution in [3.05, 3.63) is 36.0 Å². The van der Waals surface area contributed by atoms with E-state index < -0.39 is 0 Å². The van der Waals surface area contributed by atoms with Crippen molar-refractivity contribution in [2.24, 2.45) is 0 Å². The molecule has 0 saturated carbocycles. The maximum atomic E-state index is 11.5. The molecule has 3 N–H and O–H groups in total. The van der Waals surface area contributed by atoms with E-state index >= 15 is 0 Å². The van der Waals surface area contributed by atoms with Crippen LogP contribution in [0.1, 0.15) is 19.5 Å². The number of hydrogen-bond acceptors (Lipinski definition) is 4. The first-order valence-electron chi connectivity index (χ1n) is 6.62. The molecule has 0 unspecified atom stereocenters. The molecular weight excluding hydrogens is 254 g/mol. The third kappa shape index (κ3) is 3.89. The Morgan fingerprint density at radius 2 is 2.00 bits per heavy atom. The summed E-state index contributed by atoms with van der Waals surface area (Å²) in [5.74, 6) is -0.0234. The van der Waals surface area contributed by atoms with Gasteiger partial charge in [-0.2, -0.15) is 15.4 Å². The molecule has 2 rings (SSSR count). The van der Waals surface area contributed by atoms with Crippen molar-refractivity contribution >= 4 is 5.91 Å². The van der Waals surface area contributed by atoms with Crippen molar-refractivity contribution in [1.29, 1.82) is 0 Å². The molecule has 1 heterocycles. The van der Waals surface area contributed by atoms with Gasteiger partial charge in [0.1, 0.15) is 11.4 Å². The van der Waals surface area contributed by atoms with Crippen LogP contribution in [0.15, 0.2) is 30.3 Å². The van der Waals surface area contributed by atoms with E-state index in [0.29, 0.717) is 6.54 Å². The Morgan fingerprint density at radius 3 is 2.70 bits per heavy atom. The number of nitrogens with zero attached hydrogens (tertiary/aromatic N) is 2. The number of nitrogens with one attached hydrogen (secondary N) is 3. The summed E-state index contributed by atoms with van der Waals surface area (Å²) in [5.41, 5.74) is 2.61. The molecule has 1 aromatic carbocycles. The van der Waals surface area contributed by atoms with Crippen LogP contribution in [0.2, 0.25) is 0 Å². The fourth-order valence-corrected chi connectivity index (χ4v) is 1.87. The number of rotatable bonds is 6. The van der Waals surface area contributed by atoms with E-state index in [1.807, 2.05) is 44.2 Å². The number of aromatic amines is 1. The highest BCUT2D eigenvalue weighted by atomic mass is 16.1. The van der Waals surface area contributed by atoms with Gasteiger partial charge < -0.3 is 10.6 Å². The standard InChI is InChI=1S/C14H19N5O/c1-10(2)16-13(20)9-15-8-12-14(18-19-17-12)11-6-4-3-5-7-11/h3-7,10,15H,8-9H2,1-2H3,(H,16,20)(H,17,18,19). The smallest absolute Gasteiger partial charge is 0.234 e. The summed E-state index contributed by atoms with van der Waals surface area (Å²) in [6, 6.07) is 9.97. The highest BCUT2D eigenvalue weighted by Gasteiger charge is 2.10. The molecule has 0 aliphatic carbocycles. The molecule has 0 fully saturated rings. The fraction of sp³-hybridized carbons (Fsp3) is 0.357. The van der Waals surface area contributed by atoms with Gasteiger partial charge in [0.15, 0.2) is 0 Å². The van der Waals surface area contributed by atoms with Gasteiger partial charge in [-0.05, 0) is 13.8 Å². The number of benzene rings is 1. The molecule has 0 bridgehead atoms. The molecule has 106 valence electrons. The number of hydrogen-bond donors (Lipinski definition) is 3. The molecule has 0 aliphatic rings. The average Bonchev–Trinajstić information content (AvgIpc) is 2.87. The highest BCUT2D eigenvalue weighted by Crippen LogP contribution is 2.18. The van der Waals surface area contributed by atoms with Crippen molar-refractivity contribution in [2.45, 2.75) is 26.4 Å². The topological polar surface area (TPSA) is 82.7 Å². The first-order chi connectivity index (χ1) is 9.66. The number of carbonyl (C=O) groups is 1. The summed E-state index contributed by atoms with van der Waals surface area (Å²) in [6.45, 7) is 4.62. The van der Waals surface area contributed by atoms with E-state index in [1.54, 1.807) is 0 Å². The summed E-state index contributed by atoms with van der Waals surface area (Å²) in [5, 5.41) is 16.8. The molecule has 0 saturated heterocycles. The molecule has 1 amide bonds. The van der Waals surface area contributed by atoms with Crippen molar-refractivity contribution in [3.63, 3.8) is 0 Å². The lowest BCUT2D eigenvalue weighted by molar-refractivity contribution is -0.120. The quantitative estimate of drug-likeness (QED) is 0.735. The molecule has 0 atom stereocenters. The second-order valence-corrected chi connectivity index (χ2v) is 4.81. The van der Waals surface area contributed by atoms with Gasteiger partial charge in [-0.15, -0.1) is 0 Å². The fourth-order valence-electron chi connectivity index (χ4n) is 1.87. The molecule has 2 aromatic rings. The van der Waals surface area contributed by atoms with Crippen LogP contribution in [0.25, 0.3) is 11.3 Å². The highest BCUT2D eigenvalue weighted by molar-refractivity contribution is 5.78. The second-order valence-electron chi connectivity index (χ2n) is 4.81. The van der Waals surface area contributed by atoms with Crippen molar-refractivity contribution in [3.8, 4) is 11.3 Å². The van der Waals surface area contributed by atoms with Crippen LogP contribution < -0.4 is 10.6 Å². The predicted octanol–water partition coefficient (Wildman–Crippen LogP) is 1.09. The maximum Gasteiger partial charge on any atom is 0.234 e. The van der Waals surface area contributed by atoms with E-state index in [-0.39, 0.29) is 18.5 Å². The molecule has 1 aromatic heterocycles. The van der Waals surface area contributed by atoms with Crippen LogP contribution in [0.4, 0.5) is 0 Å². The first kappa shape index (κ1) is 14.2. The Bertz CT molecular complexity index is 550. The van der Waals surface area contributed by atoms with Gasteiger partial charge in [-0.25, -0.2) is 0 Å². The molecule has 0 spiro atoms. The molecule has 6 nitrogen and oxygen atoms in total. The van der Waals surface area contributed by atoms with Crippen LogP contribution in [0.3, 0.4) is 0 Å². The molecule has 6 heteroatoms. The van der Waals surface area contributed by atoms with Crippen molar-refractivity contribution < 1.29 is 4.79 Å². The van der Waals surface area contributed by atoms with Gasteiger partial charge in [0.05, 0.1) is 6.54 Å². The predicted molar refractivity (Wildman–Crippen MR) is 76.8 cm³/mol. The van der Waals surface area contributed by atoms with Gasteiger partial charge in [0, 0.05) is 18.2 Å².